The summed E-state index contributed by atoms with van der Waals surface area (Å²) in [5.41, 5.74) is 4.07. The molecule has 0 aliphatic carbocycles. The van der Waals surface area contributed by atoms with Crippen LogP contribution in [-0.2, 0) is 13.6 Å². The summed E-state index contributed by atoms with van der Waals surface area (Å²) in [5, 5.41) is 7.64. The predicted molar refractivity (Wildman–Crippen MR) is 79.1 cm³/mol. The molecule has 2 aromatic heterocycles. The molecular formula is C15H22N4O. The molecule has 108 valence electrons. The molecule has 0 saturated carbocycles. The van der Waals surface area contributed by atoms with Gasteiger partial charge in [0, 0.05) is 25.4 Å². The summed E-state index contributed by atoms with van der Waals surface area (Å²) in [7, 11) is 1.91. The third kappa shape index (κ3) is 2.99. The van der Waals surface area contributed by atoms with Gasteiger partial charge in [0.25, 0.3) is 0 Å². The lowest BCUT2D eigenvalue weighted by Gasteiger charge is -2.09. The van der Waals surface area contributed by atoms with Crippen LogP contribution in [0.5, 0.6) is 11.6 Å². The lowest BCUT2D eigenvalue weighted by molar-refractivity contribution is 0.450. The first kappa shape index (κ1) is 14.5. The van der Waals surface area contributed by atoms with Crippen LogP contribution in [0, 0.1) is 20.8 Å². The lowest BCUT2D eigenvalue weighted by Crippen LogP contribution is -2.12. The highest BCUT2D eigenvalue weighted by molar-refractivity contribution is 5.38. The van der Waals surface area contributed by atoms with Crippen molar-refractivity contribution in [3.05, 3.63) is 34.8 Å². The van der Waals surface area contributed by atoms with Gasteiger partial charge in [-0.05, 0) is 38.9 Å². The van der Waals surface area contributed by atoms with Gasteiger partial charge >= 0.3 is 0 Å². The van der Waals surface area contributed by atoms with E-state index in [1.54, 1.807) is 0 Å². The van der Waals surface area contributed by atoms with E-state index in [2.05, 4.69) is 28.4 Å². The van der Waals surface area contributed by atoms with Gasteiger partial charge in [0.1, 0.15) is 5.69 Å². The summed E-state index contributed by atoms with van der Waals surface area (Å²) in [6.07, 6.45) is 1.85. The molecule has 0 atom stereocenters. The quantitative estimate of drug-likeness (QED) is 0.910. The van der Waals surface area contributed by atoms with Gasteiger partial charge in [-0.3, -0.25) is 4.68 Å². The van der Waals surface area contributed by atoms with Crippen LogP contribution in [0.2, 0.25) is 0 Å². The Morgan fingerprint density at radius 2 is 2.05 bits per heavy atom. The van der Waals surface area contributed by atoms with Crippen LogP contribution in [0.1, 0.15) is 29.4 Å². The predicted octanol–water partition coefficient (Wildman–Crippen LogP) is 2.64. The number of pyridine rings is 1. The summed E-state index contributed by atoms with van der Waals surface area (Å²) in [6, 6.07) is 2.10. The fourth-order valence-corrected chi connectivity index (χ4v) is 2.09. The third-order valence-corrected chi connectivity index (χ3v) is 3.31. The maximum Gasteiger partial charge on any atom is 0.222 e. The normalized spacial score (nSPS) is 10.8. The highest BCUT2D eigenvalue weighted by Gasteiger charge is 2.13. The van der Waals surface area contributed by atoms with Gasteiger partial charge in [-0.15, -0.1) is 0 Å². The molecule has 0 saturated heterocycles. The van der Waals surface area contributed by atoms with Crippen molar-refractivity contribution in [3.8, 4) is 11.6 Å². The van der Waals surface area contributed by atoms with Crippen LogP contribution >= 0.6 is 0 Å². The van der Waals surface area contributed by atoms with Crippen LogP contribution in [0.15, 0.2) is 12.3 Å². The second-order valence-corrected chi connectivity index (χ2v) is 4.97. The first-order valence-corrected chi connectivity index (χ1v) is 6.87. The van der Waals surface area contributed by atoms with Crippen LogP contribution in [0.3, 0.4) is 0 Å². The van der Waals surface area contributed by atoms with E-state index in [0.29, 0.717) is 5.88 Å². The first-order valence-electron chi connectivity index (χ1n) is 6.87. The summed E-state index contributed by atoms with van der Waals surface area (Å²) in [5.74, 6) is 1.44. The Morgan fingerprint density at radius 3 is 2.60 bits per heavy atom. The van der Waals surface area contributed by atoms with Crippen molar-refractivity contribution in [2.75, 3.05) is 6.54 Å². The molecule has 5 nitrogen and oxygen atoms in total. The SMILES string of the molecule is CCNCc1cnc(Oc2c(C)nn(C)c2C)c(C)c1. The van der Waals surface area contributed by atoms with Crippen molar-refractivity contribution >= 4 is 0 Å². The number of rotatable bonds is 5. The molecular weight excluding hydrogens is 252 g/mol. The Bertz CT molecular complexity index is 604. The van der Waals surface area contributed by atoms with Gasteiger partial charge in [-0.25, -0.2) is 4.98 Å². The van der Waals surface area contributed by atoms with Crippen molar-refractivity contribution in [2.24, 2.45) is 7.05 Å². The topological polar surface area (TPSA) is 52.0 Å². The maximum absolute atomic E-state index is 5.94. The lowest BCUT2D eigenvalue weighted by atomic mass is 10.2. The van der Waals surface area contributed by atoms with Crippen molar-refractivity contribution in [2.45, 2.75) is 34.2 Å². The largest absolute Gasteiger partial charge is 0.435 e. The fourth-order valence-electron chi connectivity index (χ4n) is 2.09. The molecule has 20 heavy (non-hydrogen) atoms. The van der Waals surface area contributed by atoms with Gasteiger partial charge in [-0.1, -0.05) is 6.92 Å². The van der Waals surface area contributed by atoms with Crippen LogP contribution in [0.25, 0.3) is 0 Å². The second-order valence-electron chi connectivity index (χ2n) is 4.97. The molecule has 0 aliphatic heterocycles. The number of hydrogen-bond donors (Lipinski definition) is 1. The Balaban J connectivity index is 2.21. The van der Waals surface area contributed by atoms with E-state index in [4.69, 9.17) is 4.74 Å². The molecule has 5 heteroatoms. The molecule has 0 bridgehead atoms. The number of aromatic nitrogens is 3. The Morgan fingerprint density at radius 1 is 1.30 bits per heavy atom. The van der Waals surface area contributed by atoms with E-state index < -0.39 is 0 Å². The molecule has 0 radical (unpaired) electrons. The number of hydrogen-bond acceptors (Lipinski definition) is 4. The Labute approximate surface area is 120 Å². The minimum absolute atomic E-state index is 0.643. The van der Waals surface area contributed by atoms with Gasteiger partial charge in [0.05, 0.1) is 5.69 Å². The molecule has 0 aliphatic rings. The van der Waals surface area contributed by atoms with E-state index in [9.17, 15) is 0 Å². The zero-order chi connectivity index (χ0) is 14.7. The smallest absolute Gasteiger partial charge is 0.222 e. The summed E-state index contributed by atoms with van der Waals surface area (Å²) in [6.45, 7) is 9.81. The standard InChI is InChI=1S/C15H22N4O/c1-6-16-8-13-7-10(2)15(17-9-13)20-14-11(3)18-19(5)12(14)4/h7,9,16H,6,8H2,1-5H3. The Hall–Kier alpha value is -1.88. The van der Waals surface area contributed by atoms with Gasteiger partial charge < -0.3 is 10.1 Å². The van der Waals surface area contributed by atoms with Crippen molar-refractivity contribution in [1.82, 2.24) is 20.1 Å². The van der Waals surface area contributed by atoms with E-state index in [1.165, 1.54) is 0 Å². The molecule has 0 fully saturated rings. The van der Waals surface area contributed by atoms with Gasteiger partial charge in [0.15, 0.2) is 5.75 Å². The molecule has 0 spiro atoms. The summed E-state index contributed by atoms with van der Waals surface area (Å²) in [4.78, 5) is 4.42. The van der Waals surface area contributed by atoms with Crippen molar-refractivity contribution in [1.29, 1.82) is 0 Å². The maximum atomic E-state index is 5.94. The van der Waals surface area contributed by atoms with E-state index in [-0.39, 0.29) is 0 Å². The monoisotopic (exact) mass is 274 g/mol. The molecule has 2 heterocycles. The van der Waals surface area contributed by atoms with Crippen molar-refractivity contribution in [3.63, 3.8) is 0 Å². The minimum atomic E-state index is 0.643. The number of nitrogens with one attached hydrogen (secondary N) is 1. The van der Waals surface area contributed by atoms with Crippen LogP contribution in [0.4, 0.5) is 0 Å². The number of nitrogens with zero attached hydrogens (tertiary/aromatic N) is 3. The third-order valence-electron chi connectivity index (χ3n) is 3.31. The number of ether oxygens (including phenoxy) is 1. The van der Waals surface area contributed by atoms with E-state index in [1.807, 2.05) is 38.7 Å². The molecule has 1 N–H and O–H groups in total. The van der Waals surface area contributed by atoms with Gasteiger partial charge in [-0.2, -0.15) is 5.10 Å². The average Bonchev–Trinajstić information content (AvgIpc) is 2.65. The molecule has 2 aromatic rings. The summed E-state index contributed by atoms with van der Waals surface area (Å²) >= 11 is 0. The average molecular weight is 274 g/mol. The first-order chi connectivity index (χ1) is 9.52. The highest BCUT2D eigenvalue weighted by Crippen LogP contribution is 2.28. The number of aryl methyl sites for hydroxylation is 3. The highest BCUT2D eigenvalue weighted by atomic mass is 16.5. The Kier molecular flexibility index (Phi) is 4.39. The van der Waals surface area contributed by atoms with E-state index in [0.717, 1.165) is 41.4 Å². The summed E-state index contributed by atoms with van der Waals surface area (Å²) < 4.78 is 7.76. The zero-order valence-electron chi connectivity index (χ0n) is 12.8. The molecule has 0 unspecified atom stereocenters. The molecule has 0 aromatic carbocycles. The van der Waals surface area contributed by atoms with Gasteiger partial charge in [0.2, 0.25) is 5.88 Å². The van der Waals surface area contributed by atoms with Crippen molar-refractivity contribution < 1.29 is 4.74 Å². The molecule has 2 rings (SSSR count). The van der Waals surface area contributed by atoms with E-state index >= 15 is 0 Å². The molecule has 0 amide bonds. The van der Waals surface area contributed by atoms with Crippen LogP contribution < -0.4 is 10.1 Å². The second kappa shape index (κ2) is 6.05. The minimum Gasteiger partial charge on any atom is -0.435 e. The zero-order valence-corrected chi connectivity index (χ0v) is 12.8. The fraction of sp³-hybridized carbons (Fsp3) is 0.467. The van der Waals surface area contributed by atoms with Crippen LogP contribution in [-0.4, -0.2) is 21.3 Å².